The molecule has 0 amide bonds. The van der Waals surface area contributed by atoms with Gasteiger partial charge in [-0.2, -0.15) is 0 Å². The molecular formula is C18H29N3. The molecule has 1 aliphatic heterocycles. The van der Waals surface area contributed by atoms with Crippen molar-refractivity contribution in [2.45, 2.75) is 56.9 Å². The van der Waals surface area contributed by atoms with Crippen LogP contribution in [-0.4, -0.2) is 35.6 Å². The maximum Gasteiger partial charge on any atom is 0.0435 e. The first-order chi connectivity index (χ1) is 10.3. The topological polar surface area (TPSA) is 42.1 Å². The van der Waals surface area contributed by atoms with Crippen molar-refractivity contribution in [1.82, 2.24) is 9.88 Å². The molecule has 2 heterocycles. The number of nitrogens with two attached hydrogens (primary N) is 1. The third-order valence-electron chi connectivity index (χ3n) is 5.44. The first kappa shape index (κ1) is 15.0. The highest BCUT2D eigenvalue weighted by atomic mass is 15.1. The van der Waals surface area contributed by atoms with Crippen molar-refractivity contribution in [3.8, 4) is 0 Å². The standard InChI is InChI=1S/C18H29N3/c19-17-6-4-15(5-7-17)8-12-21-13-9-16(10-14-21)18-3-1-2-11-20-18/h1-3,11,15-17H,4-10,12-14,19H2. The molecule has 3 heteroatoms. The third-order valence-corrected chi connectivity index (χ3v) is 5.44. The van der Waals surface area contributed by atoms with Crippen molar-refractivity contribution in [1.29, 1.82) is 0 Å². The maximum absolute atomic E-state index is 5.99. The van der Waals surface area contributed by atoms with E-state index in [9.17, 15) is 0 Å². The van der Waals surface area contributed by atoms with E-state index in [2.05, 4.69) is 22.0 Å². The van der Waals surface area contributed by atoms with E-state index >= 15 is 0 Å². The predicted octanol–water partition coefficient (Wildman–Crippen LogP) is 3.17. The van der Waals surface area contributed by atoms with Crippen LogP contribution in [0, 0.1) is 5.92 Å². The lowest BCUT2D eigenvalue weighted by atomic mass is 9.84. The molecule has 1 aromatic heterocycles. The van der Waals surface area contributed by atoms with Gasteiger partial charge in [-0.25, -0.2) is 0 Å². The molecule has 3 rings (SSSR count). The monoisotopic (exact) mass is 287 g/mol. The van der Waals surface area contributed by atoms with Crippen LogP contribution in [0.2, 0.25) is 0 Å². The van der Waals surface area contributed by atoms with Crippen LogP contribution in [0.15, 0.2) is 24.4 Å². The van der Waals surface area contributed by atoms with Crippen molar-refractivity contribution >= 4 is 0 Å². The Morgan fingerprint density at radius 2 is 1.81 bits per heavy atom. The molecule has 2 fully saturated rings. The third kappa shape index (κ3) is 4.27. The first-order valence-electron chi connectivity index (χ1n) is 8.70. The number of likely N-dealkylation sites (tertiary alicyclic amines) is 1. The Kier molecular flexibility index (Phi) is 5.26. The zero-order valence-corrected chi connectivity index (χ0v) is 13.1. The van der Waals surface area contributed by atoms with E-state index in [0.29, 0.717) is 12.0 Å². The summed E-state index contributed by atoms with van der Waals surface area (Å²) in [6, 6.07) is 6.79. The summed E-state index contributed by atoms with van der Waals surface area (Å²) in [4.78, 5) is 7.18. The Bertz CT molecular complexity index is 404. The second-order valence-corrected chi connectivity index (χ2v) is 6.94. The maximum atomic E-state index is 5.99. The molecule has 0 spiro atoms. The van der Waals surface area contributed by atoms with E-state index in [-0.39, 0.29) is 0 Å². The van der Waals surface area contributed by atoms with Gasteiger partial charge in [-0.05, 0) is 82.6 Å². The van der Waals surface area contributed by atoms with Gasteiger partial charge in [-0.1, -0.05) is 6.07 Å². The largest absolute Gasteiger partial charge is 0.328 e. The summed E-state index contributed by atoms with van der Waals surface area (Å²) in [7, 11) is 0. The van der Waals surface area contributed by atoms with Crippen molar-refractivity contribution in [3.63, 3.8) is 0 Å². The molecule has 3 nitrogen and oxygen atoms in total. The molecule has 0 radical (unpaired) electrons. The van der Waals surface area contributed by atoms with Crippen molar-refractivity contribution in [2.24, 2.45) is 11.7 Å². The highest BCUT2D eigenvalue weighted by Crippen LogP contribution is 2.29. The highest BCUT2D eigenvalue weighted by molar-refractivity contribution is 5.10. The molecule has 0 unspecified atom stereocenters. The quantitative estimate of drug-likeness (QED) is 0.925. The lowest BCUT2D eigenvalue weighted by molar-refractivity contribution is 0.185. The molecule has 2 N–H and O–H groups in total. The van der Waals surface area contributed by atoms with Crippen molar-refractivity contribution in [2.75, 3.05) is 19.6 Å². The number of hydrogen-bond donors (Lipinski definition) is 1. The SMILES string of the molecule is NC1CCC(CCN2CCC(c3ccccn3)CC2)CC1. The molecule has 1 saturated carbocycles. The average Bonchev–Trinajstić information content (AvgIpc) is 2.56. The van der Waals surface area contributed by atoms with Crippen LogP contribution in [-0.2, 0) is 0 Å². The number of rotatable bonds is 4. The van der Waals surface area contributed by atoms with Gasteiger partial charge in [0, 0.05) is 23.9 Å². The van der Waals surface area contributed by atoms with Crippen molar-refractivity contribution < 1.29 is 0 Å². The van der Waals surface area contributed by atoms with Crippen molar-refractivity contribution in [3.05, 3.63) is 30.1 Å². The van der Waals surface area contributed by atoms with E-state index in [1.807, 2.05) is 12.3 Å². The fourth-order valence-corrected chi connectivity index (χ4v) is 3.91. The van der Waals surface area contributed by atoms with Crippen LogP contribution in [0.1, 0.15) is 56.6 Å². The fraction of sp³-hybridized carbons (Fsp3) is 0.722. The zero-order chi connectivity index (χ0) is 14.5. The van der Waals surface area contributed by atoms with Gasteiger partial charge in [-0.3, -0.25) is 4.98 Å². The average molecular weight is 287 g/mol. The molecule has 1 aromatic rings. The van der Waals surface area contributed by atoms with Gasteiger partial charge in [0.05, 0.1) is 0 Å². The van der Waals surface area contributed by atoms with E-state index in [1.54, 1.807) is 0 Å². The minimum Gasteiger partial charge on any atom is -0.328 e. The molecule has 21 heavy (non-hydrogen) atoms. The van der Waals surface area contributed by atoms with Gasteiger partial charge in [0.2, 0.25) is 0 Å². The Hall–Kier alpha value is -0.930. The summed E-state index contributed by atoms with van der Waals surface area (Å²) >= 11 is 0. The second kappa shape index (κ2) is 7.37. The van der Waals surface area contributed by atoms with Crippen LogP contribution in [0.4, 0.5) is 0 Å². The Balaban J connectivity index is 1.38. The lowest BCUT2D eigenvalue weighted by Crippen LogP contribution is -2.35. The van der Waals surface area contributed by atoms with Gasteiger partial charge in [-0.15, -0.1) is 0 Å². The summed E-state index contributed by atoms with van der Waals surface area (Å²) in [5.41, 5.74) is 7.28. The molecule has 0 bridgehead atoms. The number of hydrogen-bond acceptors (Lipinski definition) is 3. The van der Waals surface area contributed by atoms with Gasteiger partial charge in [0.1, 0.15) is 0 Å². The predicted molar refractivity (Wildman–Crippen MR) is 87.2 cm³/mol. The van der Waals surface area contributed by atoms with Gasteiger partial charge in [0.15, 0.2) is 0 Å². The Labute approximate surface area is 128 Å². The van der Waals surface area contributed by atoms with Gasteiger partial charge in [0.25, 0.3) is 0 Å². The summed E-state index contributed by atoms with van der Waals surface area (Å²) in [6.45, 7) is 3.77. The molecule has 0 aromatic carbocycles. The second-order valence-electron chi connectivity index (χ2n) is 6.94. The number of nitrogens with zero attached hydrogens (tertiary/aromatic N) is 2. The van der Waals surface area contributed by atoms with Crippen LogP contribution in [0.5, 0.6) is 0 Å². The highest BCUT2D eigenvalue weighted by Gasteiger charge is 2.23. The summed E-state index contributed by atoms with van der Waals surface area (Å²) < 4.78 is 0. The smallest absolute Gasteiger partial charge is 0.0435 e. The summed E-state index contributed by atoms with van der Waals surface area (Å²) in [5.74, 6) is 1.61. The molecule has 0 atom stereocenters. The molecule has 1 aliphatic carbocycles. The fourth-order valence-electron chi connectivity index (χ4n) is 3.91. The van der Waals surface area contributed by atoms with E-state index in [4.69, 9.17) is 5.73 Å². The van der Waals surface area contributed by atoms with Crippen LogP contribution in [0.3, 0.4) is 0 Å². The normalized spacial score (nSPS) is 28.6. The number of aromatic nitrogens is 1. The molecule has 2 aliphatic rings. The number of piperidine rings is 1. The Morgan fingerprint density at radius 1 is 1.05 bits per heavy atom. The molecule has 116 valence electrons. The van der Waals surface area contributed by atoms with Gasteiger partial charge < -0.3 is 10.6 Å². The van der Waals surface area contributed by atoms with Crippen LogP contribution >= 0.6 is 0 Å². The van der Waals surface area contributed by atoms with E-state index < -0.39 is 0 Å². The molecule has 1 saturated heterocycles. The van der Waals surface area contributed by atoms with E-state index in [0.717, 1.165) is 5.92 Å². The van der Waals surface area contributed by atoms with Crippen LogP contribution < -0.4 is 5.73 Å². The van der Waals surface area contributed by atoms with E-state index in [1.165, 1.54) is 70.3 Å². The minimum absolute atomic E-state index is 0.482. The summed E-state index contributed by atoms with van der Waals surface area (Å²) in [5, 5.41) is 0. The first-order valence-corrected chi connectivity index (χ1v) is 8.70. The number of pyridine rings is 1. The molecular weight excluding hydrogens is 258 g/mol. The van der Waals surface area contributed by atoms with Gasteiger partial charge >= 0.3 is 0 Å². The minimum atomic E-state index is 0.482. The summed E-state index contributed by atoms with van der Waals surface area (Å²) in [6.07, 6.45) is 11.0. The lowest BCUT2D eigenvalue weighted by Gasteiger charge is -2.33. The zero-order valence-electron chi connectivity index (χ0n) is 13.1. The van der Waals surface area contributed by atoms with Crippen LogP contribution in [0.25, 0.3) is 0 Å². The Morgan fingerprint density at radius 3 is 2.48 bits per heavy atom.